The van der Waals surface area contributed by atoms with Crippen LogP contribution in [0.4, 0.5) is 5.69 Å². The molecule has 0 fully saturated rings. The summed E-state index contributed by atoms with van der Waals surface area (Å²) < 4.78 is 23.6. The summed E-state index contributed by atoms with van der Waals surface area (Å²) in [5.41, 5.74) is 1.28. The molecule has 0 saturated heterocycles. The number of nitrogens with zero attached hydrogens (tertiary/aromatic N) is 1. The summed E-state index contributed by atoms with van der Waals surface area (Å²) in [4.78, 5) is 10.5. The van der Waals surface area contributed by atoms with Gasteiger partial charge in [0.15, 0.2) is 0 Å². The van der Waals surface area contributed by atoms with E-state index < -0.39 is 22.5 Å². The van der Waals surface area contributed by atoms with Gasteiger partial charge in [-0.3, -0.25) is 4.31 Å². The van der Waals surface area contributed by atoms with Crippen LogP contribution in [0.5, 0.6) is 0 Å². The first kappa shape index (κ1) is 12.5. The standard InChI is InChI=1S/C10H13NO4S/c1-8-3-5-9(6-4-8)11(7-10(12)13)16(2,14)15/h3-6H,7H2,1-2H3,(H,12,13)/p-1. The Labute approximate surface area is 94.4 Å². The summed E-state index contributed by atoms with van der Waals surface area (Å²) in [5, 5.41) is 10.5. The number of aliphatic carboxylic acids is 1. The zero-order valence-electron chi connectivity index (χ0n) is 9.00. The zero-order chi connectivity index (χ0) is 12.3. The fraction of sp³-hybridized carbons (Fsp3) is 0.300. The second-order valence-electron chi connectivity index (χ2n) is 3.48. The number of hydrogen-bond donors (Lipinski definition) is 0. The van der Waals surface area contributed by atoms with E-state index in [4.69, 9.17) is 0 Å². The Kier molecular flexibility index (Phi) is 3.54. The van der Waals surface area contributed by atoms with E-state index in [1.807, 2.05) is 6.92 Å². The summed E-state index contributed by atoms with van der Waals surface area (Å²) in [6.45, 7) is 1.18. The molecular formula is C10H12NO4S-. The summed E-state index contributed by atoms with van der Waals surface area (Å²) in [5.74, 6) is -1.44. The number of sulfonamides is 1. The normalized spacial score (nSPS) is 11.1. The third kappa shape index (κ3) is 3.23. The molecule has 0 atom stereocenters. The number of carboxylic acids is 1. The fourth-order valence-corrected chi connectivity index (χ4v) is 2.07. The number of aryl methyl sites for hydroxylation is 1. The molecule has 0 saturated carbocycles. The molecule has 0 heterocycles. The van der Waals surface area contributed by atoms with Gasteiger partial charge in [-0.2, -0.15) is 0 Å². The predicted molar refractivity (Wildman–Crippen MR) is 58.4 cm³/mol. The molecule has 0 aliphatic carbocycles. The minimum atomic E-state index is -3.61. The highest BCUT2D eigenvalue weighted by Gasteiger charge is 2.16. The van der Waals surface area contributed by atoms with E-state index in [9.17, 15) is 18.3 Å². The number of carbonyl (C=O) groups excluding carboxylic acids is 1. The maximum absolute atomic E-state index is 11.4. The van der Waals surface area contributed by atoms with Crippen LogP contribution < -0.4 is 9.41 Å². The van der Waals surface area contributed by atoms with E-state index in [1.165, 1.54) is 0 Å². The van der Waals surface area contributed by atoms with Gasteiger partial charge >= 0.3 is 0 Å². The van der Waals surface area contributed by atoms with Gasteiger partial charge in [0, 0.05) is 0 Å². The van der Waals surface area contributed by atoms with Crippen LogP contribution in [0.2, 0.25) is 0 Å². The van der Waals surface area contributed by atoms with Gasteiger partial charge in [0.05, 0.1) is 24.5 Å². The Hall–Kier alpha value is -1.56. The smallest absolute Gasteiger partial charge is 0.232 e. The van der Waals surface area contributed by atoms with Crippen molar-refractivity contribution >= 4 is 21.7 Å². The number of hydrogen-bond acceptors (Lipinski definition) is 4. The monoisotopic (exact) mass is 242 g/mol. The Morgan fingerprint density at radius 2 is 1.81 bits per heavy atom. The van der Waals surface area contributed by atoms with Gasteiger partial charge in [-0.15, -0.1) is 0 Å². The van der Waals surface area contributed by atoms with Gasteiger partial charge < -0.3 is 9.90 Å². The van der Waals surface area contributed by atoms with Crippen LogP contribution in [0, 0.1) is 6.92 Å². The van der Waals surface area contributed by atoms with Crippen molar-refractivity contribution < 1.29 is 18.3 Å². The van der Waals surface area contributed by atoms with Crippen LogP contribution in [0.3, 0.4) is 0 Å². The van der Waals surface area contributed by atoms with Gasteiger partial charge in [0.1, 0.15) is 0 Å². The Bertz CT molecular complexity index is 478. The van der Waals surface area contributed by atoms with Crippen LogP contribution in [0.25, 0.3) is 0 Å². The molecule has 0 bridgehead atoms. The summed E-state index contributed by atoms with van der Waals surface area (Å²) >= 11 is 0. The quantitative estimate of drug-likeness (QED) is 0.714. The topological polar surface area (TPSA) is 77.5 Å². The molecule has 0 aromatic heterocycles. The SMILES string of the molecule is Cc1ccc(N(CC(=O)[O-])S(C)(=O)=O)cc1. The average Bonchev–Trinajstić information content (AvgIpc) is 2.14. The second kappa shape index (κ2) is 4.52. The van der Waals surface area contributed by atoms with Crippen molar-refractivity contribution in [1.82, 2.24) is 0 Å². The van der Waals surface area contributed by atoms with Crippen molar-refractivity contribution in [2.24, 2.45) is 0 Å². The van der Waals surface area contributed by atoms with Crippen molar-refractivity contribution in [2.45, 2.75) is 6.92 Å². The number of carboxylic acid groups (broad SMARTS) is 1. The minimum Gasteiger partial charge on any atom is -0.548 e. The fourth-order valence-electron chi connectivity index (χ4n) is 1.23. The molecule has 0 aliphatic heterocycles. The van der Waals surface area contributed by atoms with E-state index in [1.54, 1.807) is 24.3 Å². The van der Waals surface area contributed by atoms with E-state index in [-0.39, 0.29) is 0 Å². The molecule has 16 heavy (non-hydrogen) atoms. The third-order valence-electron chi connectivity index (χ3n) is 1.99. The molecule has 1 aromatic carbocycles. The van der Waals surface area contributed by atoms with Crippen LogP contribution in [-0.2, 0) is 14.8 Å². The lowest BCUT2D eigenvalue weighted by Gasteiger charge is -2.22. The summed E-state index contributed by atoms with van der Waals surface area (Å²) in [6.07, 6.45) is 0.954. The summed E-state index contributed by atoms with van der Waals surface area (Å²) in [7, 11) is -3.61. The lowest BCUT2D eigenvalue weighted by atomic mass is 10.2. The van der Waals surface area contributed by atoms with Crippen LogP contribution in [-0.4, -0.2) is 27.2 Å². The molecule has 0 amide bonds. The van der Waals surface area contributed by atoms with Crippen LogP contribution in [0.15, 0.2) is 24.3 Å². The van der Waals surface area contributed by atoms with Crippen molar-refractivity contribution in [2.75, 3.05) is 17.1 Å². The number of anilines is 1. The summed E-state index contributed by atoms with van der Waals surface area (Å²) in [6, 6.07) is 6.53. The molecule has 0 aliphatic rings. The van der Waals surface area contributed by atoms with E-state index in [0.717, 1.165) is 16.1 Å². The zero-order valence-corrected chi connectivity index (χ0v) is 9.82. The molecule has 0 spiro atoms. The second-order valence-corrected chi connectivity index (χ2v) is 5.38. The maximum Gasteiger partial charge on any atom is 0.232 e. The molecule has 0 unspecified atom stereocenters. The van der Waals surface area contributed by atoms with Gasteiger partial charge in [-0.1, -0.05) is 17.7 Å². The van der Waals surface area contributed by atoms with Crippen molar-refractivity contribution in [3.63, 3.8) is 0 Å². The van der Waals surface area contributed by atoms with Crippen molar-refractivity contribution in [3.8, 4) is 0 Å². The van der Waals surface area contributed by atoms with Gasteiger partial charge in [-0.05, 0) is 19.1 Å². The lowest BCUT2D eigenvalue weighted by molar-refractivity contribution is -0.303. The molecule has 1 aromatic rings. The van der Waals surface area contributed by atoms with E-state index in [0.29, 0.717) is 5.69 Å². The van der Waals surface area contributed by atoms with Crippen molar-refractivity contribution in [3.05, 3.63) is 29.8 Å². The van der Waals surface area contributed by atoms with Gasteiger partial charge in [0.25, 0.3) is 0 Å². The highest BCUT2D eigenvalue weighted by atomic mass is 32.2. The number of benzene rings is 1. The first-order valence-corrected chi connectivity index (χ1v) is 6.40. The number of rotatable bonds is 4. The number of carbonyl (C=O) groups is 1. The first-order chi connectivity index (χ1) is 7.30. The molecule has 5 nitrogen and oxygen atoms in total. The van der Waals surface area contributed by atoms with E-state index >= 15 is 0 Å². The van der Waals surface area contributed by atoms with Crippen LogP contribution >= 0.6 is 0 Å². The van der Waals surface area contributed by atoms with Gasteiger partial charge in [-0.25, -0.2) is 8.42 Å². The molecule has 88 valence electrons. The molecule has 0 radical (unpaired) electrons. The van der Waals surface area contributed by atoms with E-state index in [2.05, 4.69) is 0 Å². The molecule has 0 N–H and O–H groups in total. The van der Waals surface area contributed by atoms with Crippen LogP contribution in [0.1, 0.15) is 5.56 Å². The maximum atomic E-state index is 11.4. The Morgan fingerprint density at radius 3 is 2.19 bits per heavy atom. The van der Waals surface area contributed by atoms with Gasteiger partial charge in [0.2, 0.25) is 10.0 Å². The molecular weight excluding hydrogens is 230 g/mol. The third-order valence-corrected chi connectivity index (χ3v) is 3.14. The average molecular weight is 242 g/mol. The molecule has 1 rings (SSSR count). The minimum absolute atomic E-state index is 0.317. The Balaban J connectivity index is 3.11. The predicted octanol–water partition coefficient (Wildman–Crippen LogP) is -0.489. The first-order valence-electron chi connectivity index (χ1n) is 4.55. The largest absolute Gasteiger partial charge is 0.548 e. The lowest BCUT2D eigenvalue weighted by Crippen LogP contribution is -2.41. The highest BCUT2D eigenvalue weighted by molar-refractivity contribution is 7.92. The Morgan fingerprint density at radius 1 is 1.31 bits per heavy atom. The molecule has 6 heteroatoms. The van der Waals surface area contributed by atoms with Crippen molar-refractivity contribution in [1.29, 1.82) is 0 Å². The highest BCUT2D eigenvalue weighted by Crippen LogP contribution is 2.17.